The van der Waals surface area contributed by atoms with E-state index in [-0.39, 0.29) is 32.1 Å². The predicted molar refractivity (Wildman–Crippen MR) is 119 cm³/mol. The van der Waals surface area contributed by atoms with Gasteiger partial charge in [0, 0.05) is 5.56 Å². The zero-order valence-electron chi connectivity index (χ0n) is 16.5. The molecule has 0 aliphatic heterocycles. The molecule has 2 heterocycles. The van der Waals surface area contributed by atoms with Crippen LogP contribution in [0, 0.1) is 0 Å². The molecule has 0 aliphatic rings. The number of carbonyl (C=O) groups excluding carboxylic acids is 1. The van der Waals surface area contributed by atoms with Crippen LogP contribution in [-0.4, -0.2) is 27.6 Å². The third-order valence-corrected chi connectivity index (χ3v) is 5.79. The molecule has 0 saturated carbocycles. The number of rotatable bonds is 4. The number of fused-ring (bicyclic) bond motifs is 1. The highest BCUT2D eigenvalue weighted by Crippen LogP contribution is 2.35. The molecule has 0 unspecified atom stereocenters. The van der Waals surface area contributed by atoms with Gasteiger partial charge in [-0.2, -0.15) is 18.3 Å². The Labute approximate surface area is 199 Å². The number of halogens is 6. The predicted octanol–water partition coefficient (Wildman–Crippen LogP) is 6.64. The van der Waals surface area contributed by atoms with Crippen LogP contribution in [-0.2, 0) is 6.18 Å². The summed E-state index contributed by atoms with van der Waals surface area (Å²) in [5, 5.41) is 6.12. The summed E-state index contributed by atoms with van der Waals surface area (Å²) in [4.78, 5) is 17.0. The Morgan fingerprint density at radius 3 is 2.39 bits per heavy atom. The minimum atomic E-state index is -4.80. The number of benzene rings is 2. The molecule has 2 aromatic heterocycles. The van der Waals surface area contributed by atoms with Crippen LogP contribution in [0.15, 0.2) is 48.5 Å². The number of hydrogen-bond donors (Lipinski definition) is 1. The van der Waals surface area contributed by atoms with E-state index in [2.05, 4.69) is 15.4 Å². The number of ether oxygens (including phenoxy) is 1. The van der Waals surface area contributed by atoms with E-state index in [1.807, 2.05) is 0 Å². The molecule has 0 atom stereocenters. The summed E-state index contributed by atoms with van der Waals surface area (Å²) in [5.74, 6) is -0.356. The normalized spacial score (nSPS) is 11.6. The largest absolute Gasteiger partial charge is 0.497 e. The van der Waals surface area contributed by atoms with E-state index in [1.165, 1.54) is 19.2 Å². The van der Waals surface area contributed by atoms with Crippen molar-refractivity contribution in [1.29, 1.82) is 0 Å². The van der Waals surface area contributed by atoms with Crippen molar-refractivity contribution >= 4 is 52.0 Å². The van der Waals surface area contributed by atoms with Gasteiger partial charge in [-0.25, -0.2) is 9.50 Å². The number of amides is 1. The standard InChI is InChI=1S/C21H12Cl3F3N4O2/c1-33-11-7-5-10(6-8-11)14-9-15(21(25,26)27)31-19(28-14)17(24)18(30-31)20(32)29-13-4-2-3-12(22)16(13)23/h2-9H,1H3,(H,29,32). The van der Waals surface area contributed by atoms with Gasteiger partial charge in [0.1, 0.15) is 10.8 Å². The minimum Gasteiger partial charge on any atom is -0.497 e. The molecular formula is C21H12Cl3F3N4O2. The topological polar surface area (TPSA) is 68.5 Å². The zero-order valence-corrected chi connectivity index (χ0v) is 18.8. The van der Waals surface area contributed by atoms with Crippen molar-refractivity contribution in [3.05, 3.63) is 75.0 Å². The molecule has 0 aliphatic carbocycles. The van der Waals surface area contributed by atoms with Crippen molar-refractivity contribution in [2.75, 3.05) is 12.4 Å². The van der Waals surface area contributed by atoms with Crippen molar-refractivity contribution in [2.45, 2.75) is 6.18 Å². The first-order valence-corrected chi connectivity index (χ1v) is 10.3. The summed E-state index contributed by atoms with van der Waals surface area (Å²) in [6.45, 7) is 0. The quantitative estimate of drug-likeness (QED) is 0.331. The number of nitrogens with one attached hydrogen (secondary N) is 1. The van der Waals surface area contributed by atoms with E-state index in [1.54, 1.807) is 30.3 Å². The van der Waals surface area contributed by atoms with Gasteiger partial charge in [-0.3, -0.25) is 4.79 Å². The summed E-state index contributed by atoms with van der Waals surface area (Å²) in [6, 6.07) is 11.6. The Balaban J connectivity index is 1.84. The summed E-state index contributed by atoms with van der Waals surface area (Å²) in [6.07, 6.45) is -4.80. The molecule has 4 aromatic rings. The van der Waals surface area contributed by atoms with Crippen molar-refractivity contribution in [1.82, 2.24) is 14.6 Å². The number of alkyl halides is 3. The highest BCUT2D eigenvalue weighted by Gasteiger charge is 2.36. The van der Waals surface area contributed by atoms with Crippen molar-refractivity contribution < 1.29 is 22.7 Å². The van der Waals surface area contributed by atoms with Gasteiger partial charge in [0.25, 0.3) is 5.91 Å². The summed E-state index contributed by atoms with van der Waals surface area (Å²) in [5.41, 5.74) is -1.43. The molecule has 0 bridgehead atoms. The van der Waals surface area contributed by atoms with E-state index in [0.717, 1.165) is 6.07 Å². The maximum absolute atomic E-state index is 13.8. The van der Waals surface area contributed by atoms with E-state index < -0.39 is 23.5 Å². The smallest absolute Gasteiger partial charge is 0.433 e. The average molecular weight is 516 g/mol. The Kier molecular flexibility index (Phi) is 6.13. The SMILES string of the molecule is COc1ccc(-c2cc(C(F)(F)F)n3nc(C(=O)Nc4cccc(Cl)c4Cl)c(Cl)c3n2)cc1. The van der Waals surface area contributed by atoms with E-state index >= 15 is 0 Å². The summed E-state index contributed by atoms with van der Waals surface area (Å²) < 4.78 is 47.1. The van der Waals surface area contributed by atoms with Crippen LogP contribution in [0.4, 0.5) is 18.9 Å². The Morgan fingerprint density at radius 2 is 1.76 bits per heavy atom. The maximum atomic E-state index is 13.8. The van der Waals surface area contributed by atoms with Gasteiger partial charge in [-0.1, -0.05) is 40.9 Å². The minimum absolute atomic E-state index is 0.0101. The number of hydrogen-bond acceptors (Lipinski definition) is 4. The number of carbonyl (C=O) groups is 1. The van der Waals surface area contributed by atoms with Gasteiger partial charge in [0.15, 0.2) is 17.0 Å². The van der Waals surface area contributed by atoms with E-state index in [4.69, 9.17) is 39.5 Å². The first-order chi connectivity index (χ1) is 15.6. The van der Waals surface area contributed by atoms with E-state index in [0.29, 0.717) is 15.8 Å². The molecule has 1 amide bonds. The van der Waals surface area contributed by atoms with Crippen molar-refractivity contribution in [2.24, 2.45) is 0 Å². The van der Waals surface area contributed by atoms with Gasteiger partial charge in [-0.15, -0.1) is 0 Å². The van der Waals surface area contributed by atoms with Gasteiger partial charge < -0.3 is 10.1 Å². The lowest BCUT2D eigenvalue weighted by atomic mass is 10.1. The summed E-state index contributed by atoms with van der Waals surface area (Å²) >= 11 is 18.3. The second kappa shape index (κ2) is 8.74. The molecule has 1 N–H and O–H groups in total. The number of anilines is 1. The average Bonchev–Trinajstić information content (AvgIpc) is 3.12. The monoisotopic (exact) mass is 514 g/mol. The van der Waals surface area contributed by atoms with Gasteiger partial charge >= 0.3 is 6.18 Å². The molecule has 170 valence electrons. The molecule has 6 nitrogen and oxygen atoms in total. The van der Waals surface area contributed by atoms with Gasteiger partial charge in [-0.05, 0) is 42.5 Å². The molecule has 0 spiro atoms. The fourth-order valence-electron chi connectivity index (χ4n) is 3.03. The molecular weight excluding hydrogens is 504 g/mol. The van der Waals surface area contributed by atoms with Gasteiger partial charge in [0.2, 0.25) is 0 Å². The third kappa shape index (κ3) is 4.44. The fraction of sp³-hybridized carbons (Fsp3) is 0.0952. The van der Waals surface area contributed by atoms with E-state index in [9.17, 15) is 18.0 Å². The number of nitrogens with zero attached hydrogens (tertiary/aromatic N) is 3. The first kappa shape index (κ1) is 23.2. The Morgan fingerprint density at radius 1 is 1.06 bits per heavy atom. The second-order valence-electron chi connectivity index (χ2n) is 6.71. The number of aromatic nitrogens is 3. The molecule has 33 heavy (non-hydrogen) atoms. The molecule has 4 rings (SSSR count). The molecule has 0 fully saturated rings. The molecule has 0 saturated heterocycles. The van der Waals surface area contributed by atoms with Crippen LogP contribution in [0.3, 0.4) is 0 Å². The Bertz CT molecular complexity index is 1370. The lowest BCUT2D eigenvalue weighted by Crippen LogP contribution is -2.16. The zero-order chi connectivity index (χ0) is 23.9. The highest BCUT2D eigenvalue weighted by atomic mass is 35.5. The first-order valence-electron chi connectivity index (χ1n) is 9.16. The molecule has 12 heteroatoms. The van der Waals surface area contributed by atoms with Crippen molar-refractivity contribution in [3.63, 3.8) is 0 Å². The van der Waals surface area contributed by atoms with Crippen LogP contribution in [0.1, 0.15) is 16.2 Å². The molecule has 2 aromatic carbocycles. The van der Waals surface area contributed by atoms with Gasteiger partial charge in [0.05, 0.1) is 28.5 Å². The third-order valence-electron chi connectivity index (χ3n) is 4.62. The highest BCUT2D eigenvalue weighted by molar-refractivity contribution is 6.44. The lowest BCUT2D eigenvalue weighted by molar-refractivity contribution is -0.142. The fourth-order valence-corrected chi connectivity index (χ4v) is 3.62. The van der Waals surface area contributed by atoms with Crippen LogP contribution in [0.5, 0.6) is 5.75 Å². The van der Waals surface area contributed by atoms with Crippen molar-refractivity contribution in [3.8, 4) is 17.0 Å². The van der Waals surface area contributed by atoms with Crippen LogP contribution in [0.25, 0.3) is 16.9 Å². The lowest BCUT2D eigenvalue weighted by Gasteiger charge is -2.11. The Hall–Kier alpha value is -3.01. The molecule has 0 radical (unpaired) electrons. The maximum Gasteiger partial charge on any atom is 0.433 e. The summed E-state index contributed by atoms with van der Waals surface area (Å²) in [7, 11) is 1.47. The van der Waals surface area contributed by atoms with Crippen LogP contribution < -0.4 is 10.1 Å². The van der Waals surface area contributed by atoms with Crippen LogP contribution >= 0.6 is 34.8 Å². The van der Waals surface area contributed by atoms with Crippen LogP contribution in [0.2, 0.25) is 15.1 Å². The second-order valence-corrected chi connectivity index (χ2v) is 7.87. The number of methoxy groups -OCH3 is 1.